The van der Waals surface area contributed by atoms with Crippen molar-refractivity contribution in [3.05, 3.63) is 100 Å². The van der Waals surface area contributed by atoms with Gasteiger partial charge in [0.15, 0.2) is 6.61 Å². The number of nitro groups is 1. The van der Waals surface area contributed by atoms with Crippen molar-refractivity contribution >= 4 is 11.7 Å². The van der Waals surface area contributed by atoms with Crippen molar-refractivity contribution in [3.8, 4) is 11.5 Å². The molecule has 3 aromatic carbocycles. The van der Waals surface area contributed by atoms with E-state index in [0.717, 1.165) is 11.1 Å². The minimum absolute atomic E-state index is 0.0686. The van der Waals surface area contributed by atoms with Crippen molar-refractivity contribution in [2.45, 2.75) is 6.42 Å². The number of benzene rings is 3. The van der Waals surface area contributed by atoms with Crippen LogP contribution in [0.15, 0.2) is 78.9 Å². The maximum Gasteiger partial charge on any atom is 0.349 e. The normalized spacial score (nSPS) is 10.2. The van der Waals surface area contributed by atoms with E-state index in [1.807, 2.05) is 48.5 Å². The second-order valence-electron chi connectivity index (χ2n) is 5.78. The van der Waals surface area contributed by atoms with E-state index in [1.54, 1.807) is 6.07 Å². The fraction of sp³-hybridized carbons (Fsp3) is 0.0952. The van der Waals surface area contributed by atoms with Crippen molar-refractivity contribution in [2.75, 3.05) is 6.61 Å². The van der Waals surface area contributed by atoms with Gasteiger partial charge in [-0.15, -0.1) is 0 Å². The first-order chi connectivity index (χ1) is 13.1. The summed E-state index contributed by atoms with van der Waals surface area (Å²) in [5.74, 6) is 0.257. The molecular formula is C21H17NO5. The van der Waals surface area contributed by atoms with Gasteiger partial charge in [-0.2, -0.15) is 0 Å². The van der Waals surface area contributed by atoms with Gasteiger partial charge in [0.2, 0.25) is 0 Å². The summed E-state index contributed by atoms with van der Waals surface area (Å²) in [6.45, 7) is -0.261. The van der Waals surface area contributed by atoms with Gasteiger partial charge in [-0.3, -0.25) is 10.1 Å². The molecule has 0 amide bonds. The molecule has 0 aromatic heterocycles. The molecule has 0 N–H and O–H groups in total. The predicted molar refractivity (Wildman–Crippen MR) is 99.9 cm³/mol. The van der Waals surface area contributed by atoms with E-state index in [1.165, 1.54) is 24.3 Å². The third-order valence-corrected chi connectivity index (χ3v) is 3.83. The second kappa shape index (κ2) is 8.62. The van der Waals surface area contributed by atoms with Crippen molar-refractivity contribution in [2.24, 2.45) is 0 Å². The zero-order valence-electron chi connectivity index (χ0n) is 14.4. The number of para-hydroxylation sites is 1. The smallest absolute Gasteiger partial charge is 0.349 e. The summed E-state index contributed by atoms with van der Waals surface area (Å²) in [4.78, 5) is 22.1. The Bertz CT molecular complexity index is 923. The van der Waals surface area contributed by atoms with Gasteiger partial charge in [0.05, 0.1) is 4.92 Å². The fourth-order valence-electron chi connectivity index (χ4n) is 2.54. The van der Waals surface area contributed by atoms with E-state index in [2.05, 4.69) is 0 Å². The first-order valence-corrected chi connectivity index (χ1v) is 8.31. The van der Waals surface area contributed by atoms with Gasteiger partial charge in [-0.1, -0.05) is 48.5 Å². The molecule has 0 atom stereocenters. The summed E-state index contributed by atoms with van der Waals surface area (Å²) in [6.07, 6.45) is 0.689. The minimum atomic E-state index is -0.585. The number of carbonyl (C=O) groups excluding carboxylic acids is 1. The van der Waals surface area contributed by atoms with E-state index in [4.69, 9.17) is 9.47 Å². The largest absolute Gasteiger partial charge is 0.482 e. The summed E-state index contributed by atoms with van der Waals surface area (Å²) < 4.78 is 10.8. The SMILES string of the molecule is O=C(COc1ccccc1Cc1ccccc1)Oc1ccc([N+](=O)[O-])cc1. The summed E-state index contributed by atoms with van der Waals surface area (Å²) in [5, 5.41) is 10.6. The van der Waals surface area contributed by atoms with Crippen molar-refractivity contribution in [1.29, 1.82) is 0 Å². The molecule has 3 rings (SSSR count). The molecule has 136 valence electrons. The average Bonchev–Trinajstić information content (AvgIpc) is 2.68. The number of carbonyl (C=O) groups is 1. The average molecular weight is 363 g/mol. The lowest BCUT2D eigenvalue weighted by molar-refractivity contribution is -0.384. The summed E-state index contributed by atoms with van der Waals surface area (Å²) in [5.41, 5.74) is 2.04. The number of hydrogen-bond donors (Lipinski definition) is 0. The molecule has 0 saturated heterocycles. The van der Waals surface area contributed by atoms with E-state index >= 15 is 0 Å². The molecule has 6 nitrogen and oxygen atoms in total. The Morgan fingerprint density at radius 1 is 0.889 bits per heavy atom. The van der Waals surface area contributed by atoms with Crippen LogP contribution >= 0.6 is 0 Å². The van der Waals surface area contributed by atoms with Gasteiger partial charge in [0.1, 0.15) is 11.5 Å². The Balaban J connectivity index is 1.59. The van der Waals surface area contributed by atoms with E-state index in [-0.39, 0.29) is 18.0 Å². The number of ether oxygens (including phenoxy) is 2. The van der Waals surface area contributed by atoms with Crippen LogP contribution in [0.3, 0.4) is 0 Å². The lowest BCUT2D eigenvalue weighted by Crippen LogP contribution is -2.18. The number of non-ortho nitro benzene ring substituents is 1. The predicted octanol–water partition coefficient (Wildman–Crippen LogP) is 4.17. The number of hydrogen-bond acceptors (Lipinski definition) is 5. The highest BCUT2D eigenvalue weighted by Crippen LogP contribution is 2.22. The summed E-state index contributed by atoms with van der Waals surface area (Å²) in [7, 11) is 0. The lowest BCUT2D eigenvalue weighted by Gasteiger charge is -2.11. The first kappa shape index (κ1) is 18.1. The van der Waals surface area contributed by atoms with Crippen LogP contribution in [0.2, 0.25) is 0 Å². The molecule has 0 heterocycles. The van der Waals surface area contributed by atoms with Gasteiger partial charge >= 0.3 is 5.97 Å². The van der Waals surface area contributed by atoms with Crippen LogP contribution in [0.25, 0.3) is 0 Å². The minimum Gasteiger partial charge on any atom is -0.482 e. The van der Waals surface area contributed by atoms with Crippen LogP contribution in [0, 0.1) is 10.1 Å². The topological polar surface area (TPSA) is 78.7 Å². The van der Waals surface area contributed by atoms with Gasteiger partial charge in [-0.25, -0.2) is 4.79 Å². The number of esters is 1. The Kier molecular flexibility index (Phi) is 5.79. The van der Waals surface area contributed by atoms with E-state index in [9.17, 15) is 14.9 Å². The maximum absolute atomic E-state index is 12.0. The highest BCUT2D eigenvalue weighted by molar-refractivity contribution is 5.74. The Hall–Kier alpha value is -3.67. The van der Waals surface area contributed by atoms with E-state index in [0.29, 0.717) is 12.2 Å². The molecule has 0 aliphatic heterocycles. The molecule has 0 bridgehead atoms. The Morgan fingerprint density at radius 3 is 2.26 bits per heavy atom. The monoisotopic (exact) mass is 363 g/mol. The third-order valence-electron chi connectivity index (χ3n) is 3.83. The Labute approximate surface area is 156 Å². The molecule has 0 radical (unpaired) electrons. The van der Waals surface area contributed by atoms with Crippen molar-refractivity contribution in [1.82, 2.24) is 0 Å². The molecule has 0 aliphatic carbocycles. The molecule has 0 saturated carbocycles. The van der Waals surface area contributed by atoms with Crippen LogP contribution in [0.5, 0.6) is 11.5 Å². The van der Waals surface area contributed by atoms with E-state index < -0.39 is 10.9 Å². The zero-order valence-corrected chi connectivity index (χ0v) is 14.4. The molecule has 0 unspecified atom stereocenters. The maximum atomic E-state index is 12.0. The molecule has 27 heavy (non-hydrogen) atoms. The fourth-order valence-corrected chi connectivity index (χ4v) is 2.54. The number of nitro benzene ring substituents is 1. The van der Waals surface area contributed by atoms with Gasteiger partial charge in [0, 0.05) is 18.6 Å². The van der Waals surface area contributed by atoms with Crippen LogP contribution < -0.4 is 9.47 Å². The quantitative estimate of drug-likeness (QED) is 0.272. The standard InChI is InChI=1S/C21H17NO5/c23-21(27-19-12-10-18(11-13-19)22(24)25)15-26-20-9-5-4-8-17(20)14-16-6-2-1-3-7-16/h1-13H,14-15H2. The molecule has 3 aromatic rings. The van der Waals surface area contributed by atoms with Gasteiger partial charge in [-0.05, 0) is 29.3 Å². The highest BCUT2D eigenvalue weighted by atomic mass is 16.6. The second-order valence-corrected chi connectivity index (χ2v) is 5.78. The van der Waals surface area contributed by atoms with Crippen LogP contribution in [-0.4, -0.2) is 17.5 Å². The molecule has 0 spiro atoms. The number of nitrogens with zero attached hydrogens (tertiary/aromatic N) is 1. The lowest BCUT2D eigenvalue weighted by atomic mass is 10.0. The van der Waals surface area contributed by atoms with Gasteiger partial charge < -0.3 is 9.47 Å². The molecular weight excluding hydrogens is 346 g/mol. The summed E-state index contributed by atoms with van der Waals surface area (Å²) in [6, 6.07) is 22.8. The van der Waals surface area contributed by atoms with Crippen LogP contribution in [0.4, 0.5) is 5.69 Å². The van der Waals surface area contributed by atoms with Crippen molar-refractivity contribution < 1.29 is 19.2 Å². The van der Waals surface area contributed by atoms with Crippen molar-refractivity contribution in [3.63, 3.8) is 0 Å². The molecule has 0 fully saturated rings. The zero-order chi connectivity index (χ0) is 19.1. The third kappa shape index (κ3) is 5.15. The number of rotatable bonds is 7. The van der Waals surface area contributed by atoms with Gasteiger partial charge in [0.25, 0.3) is 5.69 Å². The highest BCUT2D eigenvalue weighted by Gasteiger charge is 2.11. The molecule has 0 aliphatic rings. The summed E-state index contributed by atoms with van der Waals surface area (Å²) >= 11 is 0. The Morgan fingerprint density at radius 2 is 1.56 bits per heavy atom. The first-order valence-electron chi connectivity index (χ1n) is 8.31. The molecule has 6 heteroatoms. The van der Waals surface area contributed by atoms with Crippen LogP contribution in [-0.2, 0) is 11.2 Å². The van der Waals surface area contributed by atoms with Crippen LogP contribution in [0.1, 0.15) is 11.1 Å².